The van der Waals surface area contributed by atoms with E-state index in [1.54, 1.807) is 12.1 Å². The maximum absolute atomic E-state index is 9.42. The number of hydrogen-bond acceptors (Lipinski definition) is 5. The van der Waals surface area contributed by atoms with E-state index in [0.717, 1.165) is 5.82 Å². The molecule has 90 valence electrons. The SMILES string of the molecule is Cc1nnc(COc2cccc(O)c2N)n1C. The first kappa shape index (κ1) is 11.3. The molecule has 1 aromatic carbocycles. The molecular formula is C11H14N4O2. The number of para-hydroxylation sites is 1. The summed E-state index contributed by atoms with van der Waals surface area (Å²) in [5.74, 6) is 1.96. The van der Waals surface area contributed by atoms with E-state index in [2.05, 4.69) is 10.2 Å². The number of phenolic OH excluding ortho intramolecular Hbond substituents is 1. The molecule has 0 aliphatic heterocycles. The average molecular weight is 234 g/mol. The van der Waals surface area contributed by atoms with Gasteiger partial charge in [0, 0.05) is 7.05 Å². The molecule has 0 unspecified atom stereocenters. The summed E-state index contributed by atoms with van der Waals surface area (Å²) in [6, 6.07) is 4.87. The van der Waals surface area contributed by atoms with Gasteiger partial charge in [0.2, 0.25) is 0 Å². The second-order valence-electron chi connectivity index (χ2n) is 3.70. The quantitative estimate of drug-likeness (QED) is 0.611. The summed E-state index contributed by atoms with van der Waals surface area (Å²) >= 11 is 0. The van der Waals surface area contributed by atoms with E-state index in [0.29, 0.717) is 11.6 Å². The van der Waals surface area contributed by atoms with Crippen molar-refractivity contribution in [2.45, 2.75) is 13.5 Å². The molecule has 2 aromatic rings. The van der Waals surface area contributed by atoms with Crippen LogP contribution in [0.1, 0.15) is 11.6 Å². The fraction of sp³-hybridized carbons (Fsp3) is 0.273. The van der Waals surface area contributed by atoms with E-state index in [1.807, 2.05) is 18.5 Å². The summed E-state index contributed by atoms with van der Waals surface area (Å²) in [7, 11) is 1.86. The number of phenols is 1. The summed E-state index contributed by atoms with van der Waals surface area (Å²) in [6.07, 6.45) is 0. The Morgan fingerprint density at radius 1 is 1.41 bits per heavy atom. The molecule has 0 saturated carbocycles. The minimum Gasteiger partial charge on any atom is -0.506 e. The zero-order chi connectivity index (χ0) is 12.4. The fourth-order valence-corrected chi connectivity index (χ4v) is 1.38. The summed E-state index contributed by atoms with van der Waals surface area (Å²) in [5.41, 5.74) is 5.90. The van der Waals surface area contributed by atoms with Crippen LogP contribution in [0.15, 0.2) is 18.2 Å². The normalized spacial score (nSPS) is 10.5. The number of aryl methyl sites for hydroxylation is 1. The molecule has 0 fully saturated rings. The number of ether oxygens (including phenoxy) is 1. The van der Waals surface area contributed by atoms with Gasteiger partial charge >= 0.3 is 0 Å². The lowest BCUT2D eigenvalue weighted by Gasteiger charge is -2.09. The van der Waals surface area contributed by atoms with Gasteiger partial charge in [-0.1, -0.05) is 6.07 Å². The third-order valence-electron chi connectivity index (χ3n) is 2.58. The number of aromatic hydroxyl groups is 1. The van der Waals surface area contributed by atoms with Crippen molar-refractivity contribution in [1.29, 1.82) is 0 Å². The van der Waals surface area contributed by atoms with Gasteiger partial charge in [0.05, 0.1) is 0 Å². The van der Waals surface area contributed by atoms with Gasteiger partial charge in [0.1, 0.15) is 29.6 Å². The van der Waals surface area contributed by atoms with Crippen molar-refractivity contribution in [3.63, 3.8) is 0 Å². The zero-order valence-corrected chi connectivity index (χ0v) is 9.71. The number of nitrogens with zero attached hydrogens (tertiary/aromatic N) is 3. The van der Waals surface area contributed by atoms with Crippen molar-refractivity contribution < 1.29 is 9.84 Å². The van der Waals surface area contributed by atoms with Gasteiger partial charge in [0.25, 0.3) is 0 Å². The molecule has 0 amide bonds. The minimum absolute atomic E-state index is 0.0108. The molecule has 1 heterocycles. The molecule has 3 N–H and O–H groups in total. The number of anilines is 1. The first-order valence-corrected chi connectivity index (χ1v) is 5.14. The average Bonchev–Trinajstić information content (AvgIpc) is 2.62. The Balaban J connectivity index is 2.13. The molecular weight excluding hydrogens is 220 g/mol. The van der Waals surface area contributed by atoms with Crippen molar-refractivity contribution in [3.05, 3.63) is 29.8 Å². The van der Waals surface area contributed by atoms with Crippen LogP contribution in [-0.4, -0.2) is 19.9 Å². The van der Waals surface area contributed by atoms with Crippen molar-refractivity contribution >= 4 is 5.69 Å². The van der Waals surface area contributed by atoms with E-state index >= 15 is 0 Å². The van der Waals surface area contributed by atoms with Crippen LogP contribution in [0.5, 0.6) is 11.5 Å². The molecule has 6 heteroatoms. The van der Waals surface area contributed by atoms with Crippen LogP contribution in [0.3, 0.4) is 0 Å². The molecule has 0 bridgehead atoms. The second kappa shape index (κ2) is 4.32. The van der Waals surface area contributed by atoms with Crippen LogP contribution in [-0.2, 0) is 13.7 Å². The number of benzene rings is 1. The molecule has 0 spiro atoms. The van der Waals surface area contributed by atoms with Gasteiger partial charge in [-0.2, -0.15) is 0 Å². The highest BCUT2D eigenvalue weighted by Gasteiger charge is 2.08. The summed E-state index contributed by atoms with van der Waals surface area (Å²) in [5, 5.41) is 17.3. The number of hydrogen-bond donors (Lipinski definition) is 2. The summed E-state index contributed by atoms with van der Waals surface area (Å²) in [4.78, 5) is 0. The van der Waals surface area contributed by atoms with Gasteiger partial charge in [-0.05, 0) is 19.1 Å². The highest BCUT2D eigenvalue weighted by Crippen LogP contribution is 2.30. The van der Waals surface area contributed by atoms with E-state index in [4.69, 9.17) is 10.5 Å². The van der Waals surface area contributed by atoms with E-state index < -0.39 is 0 Å². The number of nitrogen functional groups attached to an aromatic ring is 1. The molecule has 0 atom stereocenters. The third-order valence-corrected chi connectivity index (χ3v) is 2.58. The molecule has 1 aromatic heterocycles. The molecule has 0 saturated heterocycles. The van der Waals surface area contributed by atoms with Crippen LogP contribution in [0.25, 0.3) is 0 Å². The first-order chi connectivity index (χ1) is 8.09. The molecule has 2 rings (SSSR count). The number of rotatable bonds is 3. The third kappa shape index (κ3) is 2.15. The summed E-state index contributed by atoms with van der Waals surface area (Å²) < 4.78 is 7.32. The van der Waals surface area contributed by atoms with Crippen molar-refractivity contribution in [2.75, 3.05) is 5.73 Å². The van der Waals surface area contributed by atoms with E-state index in [1.165, 1.54) is 6.07 Å². The molecule has 17 heavy (non-hydrogen) atoms. The molecule has 0 aliphatic carbocycles. The Bertz CT molecular complexity index is 536. The lowest BCUT2D eigenvalue weighted by atomic mass is 10.3. The van der Waals surface area contributed by atoms with Crippen LogP contribution in [0, 0.1) is 6.92 Å². The Morgan fingerprint density at radius 3 is 2.82 bits per heavy atom. The van der Waals surface area contributed by atoms with Crippen LogP contribution >= 0.6 is 0 Å². The smallest absolute Gasteiger partial charge is 0.170 e. The van der Waals surface area contributed by atoms with Gasteiger partial charge in [0.15, 0.2) is 5.82 Å². The van der Waals surface area contributed by atoms with E-state index in [-0.39, 0.29) is 18.0 Å². The van der Waals surface area contributed by atoms with Gasteiger partial charge < -0.3 is 20.1 Å². The highest BCUT2D eigenvalue weighted by atomic mass is 16.5. The van der Waals surface area contributed by atoms with Gasteiger partial charge in [-0.25, -0.2) is 0 Å². The van der Waals surface area contributed by atoms with E-state index in [9.17, 15) is 5.11 Å². The first-order valence-electron chi connectivity index (χ1n) is 5.14. The fourth-order valence-electron chi connectivity index (χ4n) is 1.38. The Labute approximate surface area is 98.7 Å². The lowest BCUT2D eigenvalue weighted by Crippen LogP contribution is -2.05. The van der Waals surface area contributed by atoms with Gasteiger partial charge in [-0.15, -0.1) is 10.2 Å². The molecule has 6 nitrogen and oxygen atoms in total. The highest BCUT2D eigenvalue weighted by molar-refractivity contribution is 5.61. The van der Waals surface area contributed by atoms with Crippen molar-refractivity contribution in [3.8, 4) is 11.5 Å². The van der Waals surface area contributed by atoms with Crippen LogP contribution in [0.4, 0.5) is 5.69 Å². The zero-order valence-electron chi connectivity index (χ0n) is 9.71. The van der Waals surface area contributed by atoms with Crippen molar-refractivity contribution in [2.24, 2.45) is 7.05 Å². The standard InChI is InChI=1S/C11H14N4O2/c1-7-13-14-10(15(7)2)6-17-9-5-3-4-8(16)11(9)12/h3-5,16H,6,12H2,1-2H3. The predicted octanol–water partition coefficient (Wildman–Crippen LogP) is 0.990. The maximum Gasteiger partial charge on any atom is 0.170 e. The minimum atomic E-state index is 0.0108. The lowest BCUT2D eigenvalue weighted by molar-refractivity contribution is 0.291. The van der Waals surface area contributed by atoms with Gasteiger partial charge in [-0.3, -0.25) is 0 Å². The summed E-state index contributed by atoms with van der Waals surface area (Å²) in [6.45, 7) is 2.12. The van der Waals surface area contributed by atoms with Crippen molar-refractivity contribution in [1.82, 2.24) is 14.8 Å². The monoisotopic (exact) mass is 234 g/mol. The van der Waals surface area contributed by atoms with Crippen LogP contribution in [0.2, 0.25) is 0 Å². The van der Waals surface area contributed by atoms with Crippen LogP contribution < -0.4 is 10.5 Å². The second-order valence-corrected chi connectivity index (χ2v) is 3.70. The molecule has 0 aliphatic rings. The Hall–Kier alpha value is -2.24. The number of aromatic nitrogens is 3. The largest absolute Gasteiger partial charge is 0.506 e. The molecule has 0 radical (unpaired) electrons. The number of nitrogens with two attached hydrogens (primary N) is 1. The Morgan fingerprint density at radius 2 is 2.18 bits per heavy atom. The topological polar surface area (TPSA) is 86.2 Å². The maximum atomic E-state index is 9.42. The predicted molar refractivity (Wildman–Crippen MR) is 62.6 cm³/mol. The Kier molecular flexibility index (Phi) is 2.86.